The summed E-state index contributed by atoms with van der Waals surface area (Å²) < 4.78 is 5.68. The van der Waals surface area contributed by atoms with E-state index in [1.807, 2.05) is 48.5 Å². The summed E-state index contributed by atoms with van der Waals surface area (Å²) >= 11 is 5.85. The number of aryl methyl sites for hydroxylation is 1. The Kier molecular flexibility index (Phi) is 9.00. The molecule has 2 aromatic rings. The standard InChI is InChI=1S/C23H29ClN2O3/c1-16(2)19-7-11-21(12-8-19)29-17(3)23(28)26-15-14-25-22(27)13-6-18-4-9-20(24)10-5-18/h4-5,7-12,16-17H,6,13-15H2,1-3H3,(H,25,27)(H,26,28). The molecule has 0 fully saturated rings. The first kappa shape index (κ1) is 22.8. The number of hydrogen-bond acceptors (Lipinski definition) is 3. The van der Waals surface area contributed by atoms with Gasteiger partial charge in [0.25, 0.3) is 5.91 Å². The zero-order valence-electron chi connectivity index (χ0n) is 17.2. The number of halogens is 1. The molecule has 0 aromatic heterocycles. The molecular formula is C23H29ClN2O3. The van der Waals surface area contributed by atoms with Gasteiger partial charge in [0.1, 0.15) is 5.75 Å². The minimum atomic E-state index is -0.611. The van der Waals surface area contributed by atoms with Crippen LogP contribution < -0.4 is 15.4 Å². The number of carbonyl (C=O) groups is 2. The SMILES string of the molecule is CC(Oc1ccc(C(C)C)cc1)C(=O)NCCNC(=O)CCc1ccc(Cl)cc1. The molecule has 2 rings (SSSR count). The summed E-state index contributed by atoms with van der Waals surface area (Å²) in [5.41, 5.74) is 2.28. The molecule has 5 nitrogen and oxygen atoms in total. The molecule has 2 N–H and O–H groups in total. The number of rotatable bonds is 10. The summed E-state index contributed by atoms with van der Waals surface area (Å²) in [4.78, 5) is 24.0. The van der Waals surface area contributed by atoms with Crippen LogP contribution in [0.25, 0.3) is 0 Å². The van der Waals surface area contributed by atoms with Crippen molar-refractivity contribution < 1.29 is 14.3 Å². The fourth-order valence-corrected chi connectivity index (χ4v) is 2.84. The highest BCUT2D eigenvalue weighted by molar-refractivity contribution is 6.30. The van der Waals surface area contributed by atoms with Gasteiger partial charge < -0.3 is 15.4 Å². The number of carbonyl (C=O) groups excluding carboxylic acids is 2. The number of amides is 2. The van der Waals surface area contributed by atoms with Gasteiger partial charge >= 0.3 is 0 Å². The summed E-state index contributed by atoms with van der Waals surface area (Å²) in [6, 6.07) is 15.2. The molecule has 0 heterocycles. The molecule has 2 aromatic carbocycles. The van der Waals surface area contributed by atoms with Gasteiger partial charge in [-0.15, -0.1) is 0 Å². The smallest absolute Gasteiger partial charge is 0.260 e. The maximum absolute atomic E-state index is 12.1. The lowest BCUT2D eigenvalue weighted by molar-refractivity contribution is -0.127. The third-order valence-electron chi connectivity index (χ3n) is 4.53. The van der Waals surface area contributed by atoms with E-state index in [-0.39, 0.29) is 11.8 Å². The average Bonchev–Trinajstić information content (AvgIpc) is 2.71. The molecular weight excluding hydrogens is 388 g/mol. The van der Waals surface area contributed by atoms with Crippen molar-refractivity contribution in [1.29, 1.82) is 0 Å². The van der Waals surface area contributed by atoms with Crippen molar-refractivity contribution in [3.05, 3.63) is 64.7 Å². The quantitative estimate of drug-likeness (QED) is 0.573. The molecule has 0 bridgehead atoms. The molecule has 0 aliphatic heterocycles. The van der Waals surface area contributed by atoms with Gasteiger partial charge in [-0.2, -0.15) is 0 Å². The lowest BCUT2D eigenvalue weighted by atomic mass is 10.0. The van der Waals surface area contributed by atoms with Gasteiger partial charge in [0, 0.05) is 24.5 Å². The Morgan fingerprint density at radius 1 is 0.931 bits per heavy atom. The second kappa shape index (κ2) is 11.5. The minimum Gasteiger partial charge on any atom is -0.481 e. The van der Waals surface area contributed by atoms with E-state index in [2.05, 4.69) is 24.5 Å². The molecule has 1 unspecified atom stereocenters. The fraction of sp³-hybridized carbons (Fsp3) is 0.391. The topological polar surface area (TPSA) is 67.4 Å². The van der Waals surface area contributed by atoms with Crippen LogP contribution in [0.5, 0.6) is 5.75 Å². The first-order chi connectivity index (χ1) is 13.8. The highest BCUT2D eigenvalue weighted by Crippen LogP contribution is 2.19. The van der Waals surface area contributed by atoms with E-state index in [9.17, 15) is 9.59 Å². The lowest BCUT2D eigenvalue weighted by Crippen LogP contribution is -2.40. The highest BCUT2D eigenvalue weighted by atomic mass is 35.5. The van der Waals surface area contributed by atoms with Crippen LogP contribution in [0.3, 0.4) is 0 Å². The first-order valence-electron chi connectivity index (χ1n) is 9.90. The van der Waals surface area contributed by atoms with Crippen LogP contribution in [0.2, 0.25) is 5.02 Å². The van der Waals surface area contributed by atoms with E-state index in [1.165, 1.54) is 5.56 Å². The minimum absolute atomic E-state index is 0.0521. The highest BCUT2D eigenvalue weighted by Gasteiger charge is 2.14. The Balaban J connectivity index is 1.62. The summed E-state index contributed by atoms with van der Waals surface area (Å²) in [6.45, 7) is 6.69. The van der Waals surface area contributed by atoms with Gasteiger partial charge in [-0.05, 0) is 54.7 Å². The van der Waals surface area contributed by atoms with E-state index in [0.717, 1.165) is 5.56 Å². The Morgan fingerprint density at radius 2 is 1.55 bits per heavy atom. The molecule has 156 valence electrons. The molecule has 0 spiro atoms. The molecule has 0 radical (unpaired) electrons. The van der Waals surface area contributed by atoms with E-state index in [1.54, 1.807) is 6.92 Å². The normalized spacial score (nSPS) is 11.8. The summed E-state index contributed by atoms with van der Waals surface area (Å²) in [7, 11) is 0. The third kappa shape index (κ3) is 8.16. The molecule has 6 heteroatoms. The van der Waals surface area contributed by atoms with E-state index in [0.29, 0.717) is 42.6 Å². The van der Waals surface area contributed by atoms with Crippen molar-refractivity contribution in [3.8, 4) is 5.75 Å². The zero-order valence-corrected chi connectivity index (χ0v) is 18.0. The Labute approximate surface area is 177 Å². The van der Waals surface area contributed by atoms with Crippen LogP contribution in [0, 0.1) is 0 Å². The monoisotopic (exact) mass is 416 g/mol. The van der Waals surface area contributed by atoms with Crippen molar-refractivity contribution in [3.63, 3.8) is 0 Å². The van der Waals surface area contributed by atoms with Crippen LogP contribution in [-0.4, -0.2) is 31.0 Å². The van der Waals surface area contributed by atoms with Crippen molar-refractivity contribution >= 4 is 23.4 Å². The molecule has 2 amide bonds. The molecule has 0 aliphatic carbocycles. The number of ether oxygens (including phenoxy) is 1. The Morgan fingerprint density at radius 3 is 2.17 bits per heavy atom. The zero-order chi connectivity index (χ0) is 21.2. The summed E-state index contributed by atoms with van der Waals surface area (Å²) in [5, 5.41) is 6.26. The maximum Gasteiger partial charge on any atom is 0.260 e. The number of benzene rings is 2. The lowest BCUT2D eigenvalue weighted by Gasteiger charge is -2.15. The maximum atomic E-state index is 12.1. The Hall–Kier alpha value is -2.53. The van der Waals surface area contributed by atoms with Gasteiger partial charge in [0.05, 0.1) is 0 Å². The van der Waals surface area contributed by atoms with Gasteiger partial charge in [-0.3, -0.25) is 9.59 Å². The van der Waals surface area contributed by atoms with Crippen molar-refractivity contribution in [2.24, 2.45) is 0 Å². The van der Waals surface area contributed by atoms with Crippen LogP contribution in [0.1, 0.15) is 44.2 Å². The second-order valence-electron chi connectivity index (χ2n) is 7.25. The van der Waals surface area contributed by atoms with E-state index in [4.69, 9.17) is 16.3 Å². The van der Waals surface area contributed by atoms with Crippen LogP contribution in [-0.2, 0) is 16.0 Å². The summed E-state index contributed by atoms with van der Waals surface area (Å²) in [5.74, 6) is 0.843. The van der Waals surface area contributed by atoms with Gasteiger partial charge in [0.15, 0.2) is 6.10 Å². The van der Waals surface area contributed by atoms with Crippen molar-refractivity contribution in [2.45, 2.75) is 45.6 Å². The number of nitrogens with one attached hydrogen (secondary N) is 2. The first-order valence-corrected chi connectivity index (χ1v) is 10.3. The largest absolute Gasteiger partial charge is 0.481 e. The summed E-state index contributed by atoms with van der Waals surface area (Å²) in [6.07, 6.45) is 0.428. The Bertz CT molecular complexity index is 789. The van der Waals surface area contributed by atoms with E-state index >= 15 is 0 Å². The van der Waals surface area contributed by atoms with Crippen molar-refractivity contribution in [1.82, 2.24) is 10.6 Å². The molecule has 0 aliphatic rings. The van der Waals surface area contributed by atoms with Crippen molar-refractivity contribution in [2.75, 3.05) is 13.1 Å². The number of hydrogen-bond donors (Lipinski definition) is 2. The van der Waals surface area contributed by atoms with Gasteiger partial charge in [0.2, 0.25) is 5.91 Å². The van der Waals surface area contributed by atoms with Gasteiger partial charge in [-0.1, -0.05) is 49.7 Å². The van der Waals surface area contributed by atoms with Crippen LogP contribution in [0.15, 0.2) is 48.5 Å². The second-order valence-corrected chi connectivity index (χ2v) is 7.69. The van der Waals surface area contributed by atoms with Crippen LogP contribution in [0.4, 0.5) is 0 Å². The van der Waals surface area contributed by atoms with Crippen LogP contribution >= 0.6 is 11.6 Å². The predicted molar refractivity (Wildman–Crippen MR) is 116 cm³/mol. The fourth-order valence-electron chi connectivity index (χ4n) is 2.72. The average molecular weight is 417 g/mol. The third-order valence-corrected chi connectivity index (χ3v) is 4.78. The molecule has 29 heavy (non-hydrogen) atoms. The van der Waals surface area contributed by atoms with E-state index < -0.39 is 6.10 Å². The molecule has 0 saturated heterocycles. The molecule has 0 saturated carbocycles. The van der Waals surface area contributed by atoms with Gasteiger partial charge in [-0.25, -0.2) is 0 Å². The predicted octanol–water partition coefficient (Wildman–Crippen LogP) is 4.10. The molecule has 1 atom stereocenters.